The van der Waals surface area contributed by atoms with Gasteiger partial charge in [-0.05, 0) is 78.6 Å². The number of carbonyl (C=O) groups is 2. The van der Waals surface area contributed by atoms with Gasteiger partial charge in [-0.2, -0.15) is 5.10 Å². The Morgan fingerprint density at radius 1 is 0.846 bits per heavy atom. The second kappa shape index (κ2) is 13.8. The molecule has 0 atom stereocenters. The van der Waals surface area contributed by atoms with E-state index in [1.165, 1.54) is 11.8 Å². The highest BCUT2D eigenvalue weighted by atomic mass is 16.5. The molecule has 0 aliphatic heterocycles. The third kappa shape index (κ3) is 7.68. The van der Waals surface area contributed by atoms with Crippen molar-refractivity contribution in [2.75, 3.05) is 13.2 Å². The van der Waals surface area contributed by atoms with Crippen LogP contribution in [0.25, 0.3) is 10.8 Å². The van der Waals surface area contributed by atoms with Gasteiger partial charge in [0.25, 0.3) is 5.91 Å². The van der Waals surface area contributed by atoms with Crippen molar-refractivity contribution in [3.63, 3.8) is 0 Å². The van der Waals surface area contributed by atoms with Crippen LogP contribution < -0.4 is 19.6 Å². The first-order valence-corrected chi connectivity index (χ1v) is 13.1. The highest BCUT2D eigenvalue weighted by Gasteiger charge is 2.14. The molecule has 200 valence electrons. The SMILES string of the molecule is CCCCc1ccc(OCC(=O)N/N=C\c2c(OC(=O)c3ccc(OCC)cc3)ccc3ccccc23)cc1. The van der Waals surface area contributed by atoms with Crippen LogP contribution in [0, 0.1) is 0 Å². The summed E-state index contributed by atoms with van der Waals surface area (Å²) in [5, 5.41) is 5.88. The van der Waals surface area contributed by atoms with E-state index >= 15 is 0 Å². The number of aryl methyl sites for hydroxylation is 1. The third-order valence-electron chi connectivity index (χ3n) is 6.03. The Bertz CT molecular complexity index is 1430. The number of fused-ring (bicyclic) bond motifs is 1. The summed E-state index contributed by atoms with van der Waals surface area (Å²) < 4.78 is 16.7. The Morgan fingerprint density at radius 2 is 1.56 bits per heavy atom. The lowest BCUT2D eigenvalue weighted by atomic mass is 10.0. The molecule has 0 spiro atoms. The molecule has 0 fully saturated rings. The predicted octanol–water partition coefficient (Wildman–Crippen LogP) is 6.33. The largest absolute Gasteiger partial charge is 0.494 e. The zero-order valence-corrected chi connectivity index (χ0v) is 22.2. The minimum atomic E-state index is -0.513. The summed E-state index contributed by atoms with van der Waals surface area (Å²) in [5.41, 5.74) is 4.68. The molecule has 1 amide bonds. The number of hydrazone groups is 1. The molecule has 39 heavy (non-hydrogen) atoms. The zero-order chi connectivity index (χ0) is 27.5. The zero-order valence-electron chi connectivity index (χ0n) is 22.2. The number of nitrogens with zero attached hydrogens (tertiary/aromatic N) is 1. The van der Waals surface area contributed by atoms with Crippen molar-refractivity contribution in [2.24, 2.45) is 5.10 Å². The summed E-state index contributed by atoms with van der Waals surface area (Å²) in [6.45, 7) is 4.42. The fourth-order valence-electron chi connectivity index (χ4n) is 3.99. The Balaban J connectivity index is 1.42. The summed E-state index contributed by atoms with van der Waals surface area (Å²) in [7, 11) is 0. The van der Waals surface area contributed by atoms with Crippen LogP contribution in [0.5, 0.6) is 17.2 Å². The molecular formula is C32H32N2O5. The van der Waals surface area contributed by atoms with Crippen LogP contribution in [0.15, 0.2) is 90.0 Å². The Morgan fingerprint density at radius 3 is 2.31 bits per heavy atom. The van der Waals surface area contributed by atoms with Crippen molar-refractivity contribution in [3.05, 3.63) is 102 Å². The highest BCUT2D eigenvalue weighted by molar-refractivity contribution is 6.04. The standard InChI is InChI=1S/C32H32N2O5/c1-3-5-8-23-11-16-27(17-12-23)38-22-31(35)34-33-21-29-28-10-7-6-9-24(28)15-20-30(29)39-32(36)25-13-18-26(19-14-25)37-4-2/h6-7,9-21H,3-5,8,22H2,1-2H3,(H,34,35)/b33-21-. The number of benzene rings is 4. The van der Waals surface area contributed by atoms with Gasteiger partial charge < -0.3 is 14.2 Å². The molecule has 4 aromatic carbocycles. The van der Waals surface area contributed by atoms with Gasteiger partial charge in [0.2, 0.25) is 0 Å². The molecule has 4 aromatic rings. The monoisotopic (exact) mass is 524 g/mol. The maximum Gasteiger partial charge on any atom is 0.343 e. The van der Waals surface area contributed by atoms with Crippen molar-refractivity contribution in [3.8, 4) is 17.2 Å². The first kappa shape index (κ1) is 27.4. The second-order valence-electron chi connectivity index (χ2n) is 8.87. The molecule has 0 radical (unpaired) electrons. The van der Waals surface area contributed by atoms with E-state index in [0.717, 1.165) is 30.0 Å². The quantitative estimate of drug-likeness (QED) is 0.101. The lowest BCUT2D eigenvalue weighted by Gasteiger charge is -2.11. The normalized spacial score (nSPS) is 10.9. The Labute approximate surface area is 228 Å². The maximum absolute atomic E-state index is 12.9. The number of amides is 1. The average molecular weight is 525 g/mol. The first-order valence-electron chi connectivity index (χ1n) is 13.1. The first-order chi connectivity index (χ1) is 19.1. The molecule has 0 bridgehead atoms. The van der Waals surface area contributed by atoms with Crippen molar-refractivity contribution in [1.82, 2.24) is 5.43 Å². The minimum Gasteiger partial charge on any atom is -0.494 e. The lowest BCUT2D eigenvalue weighted by Crippen LogP contribution is -2.24. The van der Waals surface area contributed by atoms with E-state index in [-0.39, 0.29) is 6.61 Å². The Kier molecular flexibility index (Phi) is 9.67. The predicted molar refractivity (Wildman–Crippen MR) is 153 cm³/mol. The van der Waals surface area contributed by atoms with Gasteiger partial charge in [-0.25, -0.2) is 10.2 Å². The number of nitrogens with one attached hydrogen (secondary N) is 1. The molecule has 0 saturated carbocycles. The smallest absolute Gasteiger partial charge is 0.343 e. The van der Waals surface area contributed by atoms with Crippen LogP contribution >= 0.6 is 0 Å². The minimum absolute atomic E-state index is 0.180. The molecular weight excluding hydrogens is 492 g/mol. The molecule has 0 aliphatic rings. The van der Waals surface area contributed by atoms with E-state index in [1.807, 2.05) is 61.5 Å². The van der Waals surface area contributed by atoms with Gasteiger partial charge in [-0.15, -0.1) is 0 Å². The van der Waals surface area contributed by atoms with Gasteiger partial charge in [0, 0.05) is 5.56 Å². The second-order valence-corrected chi connectivity index (χ2v) is 8.87. The molecule has 0 unspecified atom stereocenters. The van der Waals surface area contributed by atoms with Crippen molar-refractivity contribution in [2.45, 2.75) is 33.1 Å². The van der Waals surface area contributed by atoms with Gasteiger partial charge in [0.1, 0.15) is 17.2 Å². The van der Waals surface area contributed by atoms with Crippen molar-refractivity contribution < 1.29 is 23.8 Å². The molecule has 0 aliphatic carbocycles. The molecule has 0 aromatic heterocycles. The summed E-state index contributed by atoms with van der Waals surface area (Å²) >= 11 is 0. The van der Waals surface area contributed by atoms with Gasteiger partial charge in [-0.3, -0.25) is 4.79 Å². The van der Waals surface area contributed by atoms with Crippen LogP contribution in [0.4, 0.5) is 0 Å². The molecule has 0 heterocycles. The number of esters is 1. The fraction of sp³-hybridized carbons (Fsp3) is 0.219. The fourth-order valence-corrected chi connectivity index (χ4v) is 3.99. The van der Waals surface area contributed by atoms with E-state index in [4.69, 9.17) is 14.2 Å². The highest BCUT2D eigenvalue weighted by Crippen LogP contribution is 2.27. The van der Waals surface area contributed by atoms with E-state index in [0.29, 0.717) is 35.0 Å². The summed E-state index contributed by atoms with van der Waals surface area (Å²) in [4.78, 5) is 25.2. The summed E-state index contributed by atoms with van der Waals surface area (Å²) in [6, 6.07) is 25.7. The van der Waals surface area contributed by atoms with E-state index in [1.54, 1.807) is 30.3 Å². The number of carbonyl (C=O) groups excluding carboxylic acids is 2. The van der Waals surface area contributed by atoms with E-state index in [2.05, 4.69) is 17.5 Å². The number of rotatable bonds is 12. The van der Waals surface area contributed by atoms with Gasteiger partial charge >= 0.3 is 5.97 Å². The van der Waals surface area contributed by atoms with Crippen LogP contribution in [0.2, 0.25) is 0 Å². The van der Waals surface area contributed by atoms with Crippen LogP contribution in [-0.2, 0) is 11.2 Å². The average Bonchev–Trinajstić information content (AvgIpc) is 2.97. The van der Waals surface area contributed by atoms with E-state index < -0.39 is 11.9 Å². The van der Waals surface area contributed by atoms with Crippen molar-refractivity contribution >= 4 is 28.9 Å². The topological polar surface area (TPSA) is 86.2 Å². The van der Waals surface area contributed by atoms with Gasteiger partial charge in [0.15, 0.2) is 6.61 Å². The van der Waals surface area contributed by atoms with Crippen LogP contribution in [0.3, 0.4) is 0 Å². The van der Waals surface area contributed by atoms with Gasteiger partial charge in [0.05, 0.1) is 18.4 Å². The number of ether oxygens (including phenoxy) is 3. The number of hydrogen-bond acceptors (Lipinski definition) is 6. The summed E-state index contributed by atoms with van der Waals surface area (Å²) in [5.74, 6) is 0.698. The van der Waals surface area contributed by atoms with Crippen LogP contribution in [-0.4, -0.2) is 31.3 Å². The van der Waals surface area contributed by atoms with Crippen molar-refractivity contribution in [1.29, 1.82) is 0 Å². The molecule has 0 saturated heterocycles. The molecule has 4 rings (SSSR count). The molecule has 7 nitrogen and oxygen atoms in total. The van der Waals surface area contributed by atoms with E-state index in [9.17, 15) is 9.59 Å². The lowest BCUT2D eigenvalue weighted by molar-refractivity contribution is -0.123. The third-order valence-corrected chi connectivity index (χ3v) is 6.03. The van der Waals surface area contributed by atoms with Crippen LogP contribution in [0.1, 0.15) is 48.2 Å². The summed E-state index contributed by atoms with van der Waals surface area (Å²) in [6.07, 6.45) is 4.78. The number of unbranched alkanes of at least 4 members (excludes halogenated alkanes) is 1. The molecule has 7 heteroatoms. The maximum atomic E-state index is 12.9. The number of hydrogen-bond donors (Lipinski definition) is 1. The van der Waals surface area contributed by atoms with Gasteiger partial charge in [-0.1, -0.05) is 55.8 Å². The Hall–Kier alpha value is -4.65. The molecule has 1 N–H and O–H groups in total.